The highest BCUT2D eigenvalue weighted by molar-refractivity contribution is 5.72. The van der Waals surface area contributed by atoms with Gasteiger partial charge < -0.3 is 29.9 Å². The zero-order chi connectivity index (χ0) is 18.7. The Morgan fingerprint density at radius 3 is 2.50 bits per heavy atom. The van der Waals surface area contributed by atoms with Crippen LogP contribution in [0.4, 0.5) is 5.69 Å². The van der Waals surface area contributed by atoms with Crippen LogP contribution in [-0.4, -0.2) is 57.7 Å². The van der Waals surface area contributed by atoms with Crippen molar-refractivity contribution in [1.29, 1.82) is 0 Å². The number of nitroso groups, excluding NO2 is 1. The van der Waals surface area contributed by atoms with Crippen molar-refractivity contribution in [3.63, 3.8) is 0 Å². The van der Waals surface area contributed by atoms with Gasteiger partial charge in [0, 0.05) is 27.8 Å². The van der Waals surface area contributed by atoms with E-state index in [1.807, 2.05) is 5.18 Å². The second kappa shape index (κ2) is 7.90. The molecule has 1 aliphatic rings. The lowest BCUT2D eigenvalue weighted by atomic mass is 9.99. The van der Waals surface area contributed by atoms with Crippen LogP contribution in [0.1, 0.15) is 0 Å². The standard InChI is InChI=1S/C18H19NO7/c20-9-14-15(21)16(22)17(23)18(26-14)25-13-7-2-1-6-12(13)10-4-3-5-11(8-10)19-24/h1-8,14-18,20-23H,9H2/p+1/t14-,15+,16+,17-,18-/m1/s1. The number of nitrogens with one attached hydrogen (secondary N) is 1. The molecule has 138 valence electrons. The molecular formula is C18H20NO7+. The van der Waals surface area contributed by atoms with Crippen LogP contribution in [0.15, 0.2) is 48.5 Å². The molecule has 0 amide bonds. The zero-order valence-corrected chi connectivity index (χ0v) is 13.7. The highest BCUT2D eigenvalue weighted by atomic mass is 16.7. The predicted octanol–water partition coefficient (Wildman–Crippen LogP) is -0.989. The molecule has 0 bridgehead atoms. The highest BCUT2D eigenvalue weighted by Gasteiger charge is 2.44. The Labute approximate surface area is 149 Å². The third-order valence-electron chi connectivity index (χ3n) is 4.27. The first kappa shape index (κ1) is 18.4. The molecule has 1 aliphatic heterocycles. The molecule has 0 spiro atoms. The fraction of sp³-hybridized carbons (Fsp3) is 0.333. The largest absolute Gasteiger partial charge is 0.461 e. The molecular weight excluding hydrogens is 342 g/mol. The van der Waals surface area contributed by atoms with E-state index in [9.17, 15) is 25.3 Å². The molecule has 2 aromatic carbocycles. The zero-order valence-electron chi connectivity index (χ0n) is 13.7. The molecule has 0 radical (unpaired) electrons. The first-order chi connectivity index (χ1) is 12.5. The molecule has 1 fully saturated rings. The Kier molecular flexibility index (Phi) is 5.60. The minimum absolute atomic E-state index is 0.347. The number of ether oxygens (including phenoxy) is 2. The van der Waals surface area contributed by atoms with E-state index in [-0.39, 0.29) is 0 Å². The van der Waals surface area contributed by atoms with Crippen molar-refractivity contribution in [2.24, 2.45) is 0 Å². The van der Waals surface area contributed by atoms with Crippen LogP contribution < -0.4 is 9.91 Å². The summed E-state index contributed by atoms with van der Waals surface area (Å²) in [5.74, 6) is 0.347. The summed E-state index contributed by atoms with van der Waals surface area (Å²) in [5.41, 5.74) is 1.72. The van der Waals surface area contributed by atoms with E-state index in [0.717, 1.165) is 0 Å². The van der Waals surface area contributed by atoms with Crippen molar-refractivity contribution in [2.75, 3.05) is 6.61 Å². The number of aliphatic hydroxyl groups is 4. The summed E-state index contributed by atoms with van der Waals surface area (Å²) < 4.78 is 11.1. The average Bonchev–Trinajstić information content (AvgIpc) is 2.68. The molecule has 0 saturated carbocycles. The van der Waals surface area contributed by atoms with Gasteiger partial charge in [0.05, 0.1) is 6.61 Å². The number of benzene rings is 2. The quantitative estimate of drug-likeness (QED) is 0.462. The molecule has 2 aromatic rings. The third kappa shape index (κ3) is 3.59. The molecule has 5 atom stereocenters. The van der Waals surface area contributed by atoms with E-state index in [4.69, 9.17) is 9.47 Å². The number of hydrogen-bond donors (Lipinski definition) is 5. The average molecular weight is 362 g/mol. The molecule has 1 heterocycles. The van der Waals surface area contributed by atoms with Gasteiger partial charge in [0.15, 0.2) is 0 Å². The number of hydrogen-bond acceptors (Lipinski definition) is 7. The van der Waals surface area contributed by atoms with Gasteiger partial charge in [-0.3, -0.25) is 0 Å². The third-order valence-corrected chi connectivity index (χ3v) is 4.27. The lowest BCUT2D eigenvalue weighted by molar-refractivity contribution is -0.379. The maximum Gasteiger partial charge on any atom is 0.253 e. The van der Waals surface area contributed by atoms with Gasteiger partial charge in [-0.05, 0) is 11.6 Å². The van der Waals surface area contributed by atoms with Gasteiger partial charge in [0.2, 0.25) is 6.29 Å². The Morgan fingerprint density at radius 2 is 1.77 bits per heavy atom. The Hall–Kier alpha value is -2.36. The number of aliphatic hydroxyl groups excluding tert-OH is 4. The summed E-state index contributed by atoms with van der Waals surface area (Å²) in [6, 6.07) is 13.7. The van der Waals surface area contributed by atoms with Crippen LogP contribution in [0.5, 0.6) is 5.75 Å². The van der Waals surface area contributed by atoms with E-state index in [2.05, 4.69) is 0 Å². The van der Waals surface area contributed by atoms with Gasteiger partial charge in [-0.25, -0.2) is 0 Å². The minimum Gasteiger partial charge on any atom is -0.461 e. The van der Waals surface area contributed by atoms with Crippen LogP contribution in [0.3, 0.4) is 0 Å². The van der Waals surface area contributed by atoms with Crippen LogP contribution >= 0.6 is 0 Å². The molecule has 0 aliphatic carbocycles. The second-order valence-electron chi connectivity index (χ2n) is 5.99. The van der Waals surface area contributed by atoms with Crippen molar-refractivity contribution in [3.05, 3.63) is 53.4 Å². The van der Waals surface area contributed by atoms with Crippen molar-refractivity contribution >= 4 is 5.69 Å². The Balaban J connectivity index is 1.89. The van der Waals surface area contributed by atoms with Crippen molar-refractivity contribution in [3.8, 4) is 16.9 Å². The molecule has 8 nitrogen and oxygen atoms in total. The predicted molar refractivity (Wildman–Crippen MR) is 90.3 cm³/mol. The Bertz CT molecular complexity index is 767. The maximum atomic E-state index is 10.9. The maximum absolute atomic E-state index is 10.9. The Morgan fingerprint density at radius 1 is 1.00 bits per heavy atom. The highest BCUT2D eigenvalue weighted by Crippen LogP contribution is 2.33. The van der Waals surface area contributed by atoms with Crippen LogP contribution in [0, 0.1) is 4.91 Å². The van der Waals surface area contributed by atoms with Crippen LogP contribution in [-0.2, 0) is 4.74 Å². The van der Waals surface area contributed by atoms with E-state index in [0.29, 0.717) is 22.6 Å². The molecule has 1 saturated heterocycles. The van der Waals surface area contributed by atoms with E-state index >= 15 is 0 Å². The first-order valence-electron chi connectivity index (χ1n) is 8.10. The monoisotopic (exact) mass is 362 g/mol. The lowest BCUT2D eigenvalue weighted by Gasteiger charge is -2.39. The van der Waals surface area contributed by atoms with Gasteiger partial charge in [0.1, 0.15) is 30.2 Å². The fourth-order valence-electron chi connectivity index (χ4n) is 2.85. The van der Waals surface area contributed by atoms with Crippen molar-refractivity contribution in [1.82, 2.24) is 0 Å². The summed E-state index contributed by atoms with van der Waals surface area (Å²) in [6.45, 7) is -0.538. The van der Waals surface area contributed by atoms with Gasteiger partial charge >= 0.3 is 0 Å². The van der Waals surface area contributed by atoms with Crippen molar-refractivity contribution < 1.29 is 35.1 Å². The van der Waals surface area contributed by atoms with Crippen LogP contribution in [0.25, 0.3) is 11.1 Å². The first-order valence-corrected chi connectivity index (χ1v) is 8.10. The van der Waals surface area contributed by atoms with E-state index < -0.39 is 37.3 Å². The molecule has 5 N–H and O–H groups in total. The second-order valence-corrected chi connectivity index (χ2v) is 5.99. The van der Waals surface area contributed by atoms with Gasteiger partial charge in [-0.15, -0.1) is 0 Å². The van der Waals surface area contributed by atoms with Crippen molar-refractivity contribution in [2.45, 2.75) is 30.7 Å². The van der Waals surface area contributed by atoms with Gasteiger partial charge in [0.25, 0.3) is 5.69 Å². The summed E-state index contributed by atoms with van der Waals surface area (Å²) in [4.78, 5) is 10.9. The molecule has 0 aromatic heterocycles. The summed E-state index contributed by atoms with van der Waals surface area (Å²) in [5, 5.41) is 41.0. The summed E-state index contributed by atoms with van der Waals surface area (Å²) >= 11 is 0. The van der Waals surface area contributed by atoms with Gasteiger partial charge in [-0.2, -0.15) is 0 Å². The summed E-state index contributed by atoms with van der Waals surface area (Å²) in [6.07, 6.45) is -6.82. The fourth-order valence-corrected chi connectivity index (χ4v) is 2.85. The van der Waals surface area contributed by atoms with E-state index in [1.165, 1.54) is 0 Å². The summed E-state index contributed by atoms with van der Waals surface area (Å²) in [7, 11) is 0. The molecule has 26 heavy (non-hydrogen) atoms. The lowest BCUT2D eigenvalue weighted by Crippen LogP contribution is -2.60. The molecule has 3 rings (SSSR count). The van der Waals surface area contributed by atoms with Gasteiger partial charge in [-0.1, -0.05) is 30.3 Å². The smallest absolute Gasteiger partial charge is 0.253 e. The normalized spacial score (nSPS) is 28.5. The number of para-hydroxylation sites is 1. The molecule has 0 unspecified atom stereocenters. The molecule has 8 heteroatoms. The minimum atomic E-state index is -1.52. The topological polar surface area (TPSA) is 130 Å². The van der Waals surface area contributed by atoms with E-state index in [1.54, 1.807) is 48.5 Å². The van der Waals surface area contributed by atoms with Crippen LogP contribution in [0.2, 0.25) is 0 Å². The SMILES string of the molecule is O=[NH+]c1cccc(-c2ccccc2O[C@@H]2O[C@H](CO)[C@H](O)[C@H](O)[C@H]2O)c1. The number of rotatable bonds is 5.